The van der Waals surface area contributed by atoms with E-state index in [2.05, 4.69) is 25.4 Å². The molecule has 3 aromatic rings. The van der Waals surface area contributed by atoms with Gasteiger partial charge >= 0.3 is 0 Å². The van der Waals surface area contributed by atoms with E-state index >= 15 is 0 Å². The molecule has 0 saturated carbocycles. The Morgan fingerprint density at radius 2 is 1.35 bits per heavy atom. The van der Waals surface area contributed by atoms with Crippen LogP contribution in [0.3, 0.4) is 0 Å². The van der Waals surface area contributed by atoms with E-state index in [0.717, 1.165) is 28.7 Å². The van der Waals surface area contributed by atoms with Gasteiger partial charge in [-0.1, -0.05) is 51.9 Å². The molecule has 4 atom stereocenters. The summed E-state index contributed by atoms with van der Waals surface area (Å²) in [6.45, 7) is 10.2. The van der Waals surface area contributed by atoms with Gasteiger partial charge in [0, 0.05) is 54.4 Å². The minimum absolute atomic E-state index is 0.00832. The van der Waals surface area contributed by atoms with Crippen molar-refractivity contribution in [1.82, 2.24) is 15.1 Å². The van der Waals surface area contributed by atoms with Crippen LogP contribution < -0.4 is 19.5 Å². The van der Waals surface area contributed by atoms with Crippen LogP contribution in [0.1, 0.15) is 78.8 Å². The maximum absolute atomic E-state index is 13.9. The van der Waals surface area contributed by atoms with Crippen LogP contribution in [0.5, 0.6) is 17.2 Å². The lowest BCUT2D eigenvalue weighted by Gasteiger charge is -2.25. The van der Waals surface area contributed by atoms with E-state index in [-0.39, 0.29) is 35.7 Å². The SMILES string of the molecule is CC=C1CN2C(=O)c3cc(OC)ccc3N=CC2[C@H]1OCc1cccc(CO[C@H]2C(=CC)CN3C(=O)c4cc(OC)ccc4N=CC23)c1OCCCNC(=O)CCC(C)(C)SSC. The lowest BCUT2D eigenvalue weighted by atomic mass is 10.1. The van der Waals surface area contributed by atoms with Crippen LogP contribution in [0.2, 0.25) is 0 Å². The van der Waals surface area contributed by atoms with Crippen LogP contribution in [-0.4, -0.2) is 116 Å². The van der Waals surface area contributed by atoms with E-state index < -0.39 is 24.3 Å². The molecule has 0 aliphatic carbocycles. The summed E-state index contributed by atoms with van der Waals surface area (Å²) >= 11 is 0. The smallest absolute Gasteiger partial charge is 0.257 e. The molecule has 4 aliphatic heterocycles. The molecule has 2 fully saturated rings. The summed E-state index contributed by atoms with van der Waals surface area (Å²) in [6, 6.07) is 15.7. The number of hydrogen-bond donors (Lipinski definition) is 1. The molecule has 0 aromatic heterocycles. The minimum Gasteiger partial charge on any atom is -0.497 e. The van der Waals surface area contributed by atoms with Crippen molar-refractivity contribution < 1.29 is 38.1 Å². The second kappa shape index (κ2) is 20.6. The largest absolute Gasteiger partial charge is 0.497 e. The Bertz CT molecular complexity index is 2180. The molecule has 4 heterocycles. The summed E-state index contributed by atoms with van der Waals surface area (Å²) < 4.78 is 30.9. The molecule has 1 N–H and O–H groups in total. The highest BCUT2D eigenvalue weighted by Gasteiger charge is 2.44. The summed E-state index contributed by atoms with van der Waals surface area (Å²) in [5.41, 5.74) is 5.71. The van der Waals surface area contributed by atoms with E-state index in [0.29, 0.717) is 78.8 Å². The van der Waals surface area contributed by atoms with Crippen molar-refractivity contribution in [3.63, 3.8) is 0 Å². The Kier molecular flexibility index (Phi) is 15.0. The van der Waals surface area contributed by atoms with E-state index in [1.807, 2.05) is 44.2 Å². The lowest BCUT2D eigenvalue weighted by Crippen LogP contribution is -2.40. The van der Waals surface area contributed by atoms with Gasteiger partial charge in [-0.05, 0) is 94.3 Å². The van der Waals surface area contributed by atoms with E-state index in [9.17, 15) is 14.4 Å². The zero-order chi connectivity index (χ0) is 44.7. The molecular weight excluding hydrogens is 839 g/mol. The van der Waals surface area contributed by atoms with Crippen molar-refractivity contribution >= 4 is 63.1 Å². The highest BCUT2D eigenvalue weighted by atomic mass is 33.1. The maximum Gasteiger partial charge on any atom is 0.257 e. The predicted octanol–water partition coefficient (Wildman–Crippen LogP) is 8.30. The molecule has 2 unspecified atom stereocenters. The van der Waals surface area contributed by atoms with Gasteiger partial charge in [-0.2, -0.15) is 0 Å². The van der Waals surface area contributed by atoms with Gasteiger partial charge < -0.3 is 38.8 Å². The van der Waals surface area contributed by atoms with Crippen molar-refractivity contribution in [3.8, 4) is 17.2 Å². The summed E-state index contributed by atoms with van der Waals surface area (Å²) in [5, 5.41) is 3.06. The third-order valence-electron chi connectivity index (χ3n) is 11.8. The summed E-state index contributed by atoms with van der Waals surface area (Å²) in [5.74, 6) is 1.56. The first-order valence-corrected chi connectivity index (χ1v) is 23.9. The lowest BCUT2D eigenvalue weighted by molar-refractivity contribution is -0.121. The zero-order valence-corrected chi connectivity index (χ0v) is 38.7. The molecule has 7 rings (SSSR count). The number of nitrogens with one attached hydrogen (secondary N) is 1. The molecule has 13 nitrogen and oxygen atoms in total. The van der Waals surface area contributed by atoms with Gasteiger partial charge in [-0.3, -0.25) is 24.4 Å². The highest BCUT2D eigenvalue weighted by molar-refractivity contribution is 8.76. The number of carbonyl (C=O) groups excluding carboxylic acids is 3. The molecule has 0 radical (unpaired) electrons. The molecule has 3 aromatic carbocycles. The van der Waals surface area contributed by atoms with Gasteiger partial charge in [0.25, 0.3) is 11.8 Å². The highest BCUT2D eigenvalue weighted by Crippen LogP contribution is 2.39. The first-order chi connectivity index (χ1) is 30.5. The van der Waals surface area contributed by atoms with Crippen LogP contribution in [-0.2, 0) is 27.5 Å². The predicted molar refractivity (Wildman–Crippen MR) is 251 cm³/mol. The number of fused-ring (bicyclic) bond motifs is 4. The van der Waals surface area contributed by atoms with Crippen LogP contribution in [0.4, 0.5) is 11.4 Å². The molecule has 2 saturated heterocycles. The summed E-state index contributed by atoms with van der Waals surface area (Å²) in [7, 11) is 6.64. The quantitative estimate of drug-likeness (QED) is 0.0754. The maximum atomic E-state index is 13.9. The van der Waals surface area contributed by atoms with Gasteiger partial charge in [-0.25, -0.2) is 0 Å². The van der Waals surface area contributed by atoms with Gasteiger partial charge in [0.15, 0.2) is 0 Å². The Hall–Kier alpha value is -5.09. The molecule has 0 bridgehead atoms. The molecule has 3 amide bonds. The number of allylic oxidation sites excluding steroid dienone is 2. The first kappa shape index (κ1) is 45.9. The minimum atomic E-state index is -0.445. The van der Waals surface area contributed by atoms with Crippen LogP contribution in [0, 0.1) is 0 Å². The number of para-hydroxylation sites is 1. The number of nitrogens with zero attached hydrogens (tertiary/aromatic N) is 4. The third-order valence-corrected chi connectivity index (χ3v) is 14.5. The number of methoxy groups -OCH3 is 2. The van der Waals surface area contributed by atoms with Gasteiger partial charge in [-0.15, -0.1) is 0 Å². The molecule has 15 heteroatoms. The normalized spacial score (nSPS) is 21.5. The number of hydrogen-bond acceptors (Lipinski definition) is 12. The number of rotatable bonds is 18. The standard InChI is InChI=1S/C48H57N5O8S2/c1-8-30-26-52-40(24-50-38-16-14-34(57-5)22-36(38)46(52)55)44(30)60-28-32-12-10-13-33(43(32)59-21-11-20-49-42(54)18-19-48(3,4)63-62-7)29-61-45-31(9-2)27-53-41(45)25-51-39-17-15-35(58-6)23-37(39)47(53)56/h8-10,12-17,22-25,40-41,44-45H,11,18-21,26-29H2,1-7H3,(H,49,54)/t40?,41?,44-,45-/m0/s1. The Balaban J connectivity index is 1.09. The van der Waals surface area contributed by atoms with E-state index in [1.165, 1.54) is 0 Å². The second-order valence-corrected chi connectivity index (χ2v) is 19.4. The van der Waals surface area contributed by atoms with Crippen molar-refractivity contribution in [2.75, 3.05) is 46.7 Å². The second-order valence-electron chi connectivity index (χ2n) is 16.3. The zero-order valence-electron chi connectivity index (χ0n) is 37.1. The van der Waals surface area contributed by atoms with E-state index in [1.54, 1.807) is 94.4 Å². The molecule has 4 aliphatic rings. The summed E-state index contributed by atoms with van der Waals surface area (Å²) in [4.78, 5) is 53.7. The first-order valence-electron chi connectivity index (χ1n) is 21.3. The summed E-state index contributed by atoms with van der Waals surface area (Å²) in [6.07, 6.45) is 10.6. The fourth-order valence-corrected chi connectivity index (χ4v) is 10.6. The average molecular weight is 896 g/mol. The van der Waals surface area contributed by atoms with Crippen molar-refractivity contribution in [1.29, 1.82) is 0 Å². The topological polar surface area (TPSA) is 141 Å². The van der Waals surface area contributed by atoms with Crippen LogP contribution in [0.15, 0.2) is 87.9 Å². The van der Waals surface area contributed by atoms with Gasteiger partial charge in [0.2, 0.25) is 5.91 Å². The van der Waals surface area contributed by atoms with E-state index in [4.69, 9.17) is 33.7 Å². The molecule has 334 valence electrons. The fraction of sp³-hybridized carbons (Fsp3) is 0.438. The number of benzene rings is 3. The third kappa shape index (κ3) is 10.3. The molecular formula is C48H57N5O8S2. The van der Waals surface area contributed by atoms with Crippen LogP contribution in [0.25, 0.3) is 0 Å². The van der Waals surface area contributed by atoms with Gasteiger partial charge in [0.05, 0.1) is 68.6 Å². The van der Waals surface area contributed by atoms with Crippen molar-refractivity contribution in [2.24, 2.45) is 9.98 Å². The Morgan fingerprint density at radius 1 is 0.825 bits per heavy atom. The Labute approximate surface area is 378 Å². The van der Waals surface area contributed by atoms with Gasteiger partial charge in [0.1, 0.15) is 29.5 Å². The van der Waals surface area contributed by atoms with Crippen molar-refractivity contribution in [2.45, 2.75) is 89.2 Å². The number of carbonyl (C=O) groups is 3. The van der Waals surface area contributed by atoms with Crippen LogP contribution >= 0.6 is 21.6 Å². The average Bonchev–Trinajstić information content (AvgIpc) is 3.75. The number of ether oxygens (including phenoxy) is 5. The molecule has 0 spiro atoms. The number of aliphatic imine (C=N–C) groups is 2. The monoisotopic (exact) mass is 895 g/mol. The fourth-order valence-electron chi connectivity index (χ4n) is 8.33. The van der Waals surface area contributed by atoms with Crippen molar-refractivity contribution in [3.05, 3.63) is 100 Å². The Morgan fingerprint density at radius 3 is 1.83 bits per heavy atom. The molecule has 63 heavy (non-hydrogen) atoms. The number of amides is 3.